The van der Waals surface area contributed by atoms with Crippen molar-refractivity contribution in [1.29, 1.82) is 0 Å². The van der Waals surface area contributed by atoms with E-state index in [0.29, 0.717) is 5.92 Å². The SMILES string of the molecule is Cc1ccc(F)c(NC(=O)NC2CC2c2ccccc2)c1. The van der Waals surface area contributed by atoms with E-state index < -0.39 is 5.82 Å². The fourth-order valence-corrected chi connectivity index (χ4v) is 2.48. The number of carbonyl (C=O) groups excluding carboxylic acids is 1. The molecule has 0 radical (unpaired) electrons. The smallest absolute Gasteiger partial charge is 0.319 e. The molecular weight excluding hydrogens is 267 g/mol. The van der Waals surface area contributed by atoms with Gasteiger partial charge in [-0.15, -0.1) is 0 Å². The van der Waals surface area contributed by atoms with E-state index in [1.165, 1.54) is 11.6 Å². The van der Waals surface area contributed by atoms with Gasteiger partial charge in [0.2, 0.25) is 0 Å². The van der Waals surface area contributed by atoms with Gasteiger partial charge in [-0.2, -0.15) is 0 Å². The molecule has 0 aliphatic heterocycles. The van der Waals surface area contributed by atoms with Gasteiger partial charge in [0.15, 0.2) is 0 Å². The lowest BCUT2D eigenvalue weighted by atomic mass is 10.1. The first-order chi connectivity index (χ1) is 10.1. The standard InChI is InChI=1S/C17H17FN2O/c1-11-7-8-14(18)16(9-11)20-17(21)19-15-10-13(15)12-5-3-2-4-6-12/h2-9,13,15H,10H2,1H3,(H2,19,20,21). The molecule has 0 bridgehead atoms. The minimum Gasteiger partial charge on any atom is -0.334 e. The van der Waals surface area contributed by atoms with Crippen LogP contribution in [-0.4, -0.2) is 12.1 Å². The number of halogens is 1. The molecule has 0 heterocycles. The maximum Gasteiger partial charge on any atom is 0.319 e. The van der Waals surface area contributed by atoms with E-state index in [1.807, 2.05) is 25.1 Å². The molecule has 0 saturated heterocycles. The molecule has 0 spiro atoms. The summed E-state index contributed by atoms with van der Waals surface area (Å²) in [5.41, 5.74) is 2.34. The Bertz CT molecular complexity index is 657. The molecule has 1 aliphatic rings. The van der Waals surface area contributed by atoms with Crippen molar-refractivity contribution in [3.05, 3.63) is 65.5 Å². The third-order valence-corrected chi connectivity index (χ3v) is 3.70. The van der Waals surface area contributed by atoms with E-state index in [4.69, 9.17) is 0 Å². The Morgan fingerprint density at radius 3 is 2.71 bits per heavy atom. The van der Waals surface area contributed by atoms with Crippen molar-refractivity contribution in [2.45, 2.75) is 25.3 Å². The van der Waals surface area contributed by atoms with Crippen molar-refractivity contribution in [3.8, 4) is 0 Å². The summed E-state index contributed by atoms with van der Waals surface area (Å²) in [5.74, 6) is -0.0644. The first-order valence-electron chi connectivity index (χ1n) is 7.02. The molecule has 4 heteroatoms. The van der Waals surface area contributed by atoms with Crippen LogP contribution in [0.15, 0.2) is 48.5 Å². The van der Waals surface area contributed by atoms with Crippen molar-refractivity contribution in [2.24, 2.45) is 0 Å². The Labute approximate surface area is 123 Å². The molecule has 2 unspecified atom stereocenters. The lowest BCUT2D eigenvalue weighted by Crippen LogP contribution is -2.31. The van der Waals surface area contributed by atoms with Crippen LogP contribution < -0.4 is 10.6 Å². The van der Waals surface area contributed by atoms with Gasteiger partial charge < -0.3 is 10.6 Å². The highest BCUT2D eigenvalue weighted by Gasteiger charge is 2.39. The van der Waals surface area contributed by atoms with Gasteiger partial charge in [0.1, 0.15) is 5.82 Å². The van der Waals surface area contributed by atoms with Crippen molar-refractivity contribution in [2.75, 3.05) is 5.32 Å². The van der Waals surface area contributed by atoms with Gasteiger partial charge in [0.05, 0.1) is 5.69 Å². The summed E-state index contributed by atoms with van der Waals surface area (Å²) < 4.78 is 13.6. The quantitative estimate of drug-likeness (QED) is 0.884. The Morgan fingerprint density at radius 1 is 1.19 bits per heavy atom. The van der Waals surface area contributed by atoms with E-state index in [1.54, 1.807) is 12.1 Å². The van der Waals surface area contributed by atoms with E-state index in [-0.39, 0.29) is 17.8 Å². The number of amides is 2. The highest BCUT2D eigenvalue weighted by atomic mass is 19.1. The van der Waals surface area contributed by atoms with E-state index >= 15 is 0 Å². The third-order valence-electron chi connectivity index (χ3n) is 3.70. The minimum atomic E-state index is -0.425. The van der Waals surface area contributed by atoms with Crippen LogP contribution >= 0.6 is 0 Å². The number of carbonyl (C=O) groups is 1. The first-order valence-corrected chi connectivity index (χ1v) is 7.02. The van der Waals surface area contributed by atoms with Gasteiger partial charge in [-0.05, 0) is 36.6 Å². The highest BCUT2D eigenvalue weighted by molar-refractivity contribution is 5.90. The first kappa shape index (κ1) is 13.6. The average Bonchev–Trinajstić information content (AvgIpc) is 3.23. The molecule has 3 rings (SSSR count). The molecular formula is C17H17FN2O. The van der Waals surface area contributed by atoms with E-state index in [0.717, 1.165) is 12.0 Å². The second-order valence-electron chi connectivity index (χ2n) is 5.44. The average molecular weight is 284 g/mol. The predicted molar refractivity (Wildman–Crippen MR) is 80.9 cm³/mol. The van der Waals surface area contributed by atoms with Crippen LogP contribution in [0.5, 0.6) is 0 Å². The minimum absolute atomic E-state index is 0.125. The molecule has 2 aromatic rings. The summed E-state index contributed by atoms with van der Waals surface area (Å²) in [5, 5.41) is 5.45. The summed E-state index contributed by atoms with van der Waals surface area (Å²) in [4.78, 5) is 11.9. The van der Waals surface area contributed by atoms with Crippen molar-refractivity contribution in [3.63, 3.8) is 0 Å². The summed E-state index contributed by atoms with van der Waals surface area (Å²) >= 11 is 0. The molecule has 2 N–H and O–H groups in total. The predicted octanol–water partition coefficient (Wildman–Crippen LogP) is 3.81. The lowest BCUT2D eigenvalue weighted by Gasteiger charge is -2.09. The molecule has 3 nitrogen and oxygen atoms in total. The van der Waals surface area contributed by atoms with Gasteiger partial charge in [-0.3, -0.25) is 0 Å². The number of benzene rings is 2. The van der Waals surface area contributed by atoms with Gasteiger partial charge in [-0.1, -0.05) is 36.4 Å². The fourth-order valence-electron chi connectivity index (χ4n) is 2.48. The molecule has 0 aromatic heterocycles. The summed E-state index contributed by atoms with van der Waals surface area (Å²) in [7, 11) is 0. The highest BCUT2D eigenvalue weighted by Crippen LogP contribution is 2.40. The van der Waals surface area contributed by atoms with Gasteiger partial charge in [0.25, 0.3) is 0 Å². The maximum absolute atomic E-state index is 13.6. The van der Waals surface area contributed by atoms with Gasteiger partial charge >= 0.3 is 6.03 Å². The summed E-state index contributed by atoms with van der Waals surface area (Å²) in [6.45, 7) is 1.86. The second-order valence-corrected chi connectivity index (χ2v) is 5.44. The number of nitrogens with one attached hydrogen (secondary N) is 2. The number of urea groups is 1. The Kier molecular flexibility index (Phi) is 3.60. The molecule has 2 atom stereocenters. The van der Waals surface area contributed by atoms with Crippen LogP contribution in [0.25, 0.3) is 0 Å². The van der Waals surface area contributed by atoms with Crippen LogP contribution in [0.4, 0.5) is 14.9 Å². The Morgan fingerprint density at radius 2 is 1.95 bits per heavy atom. The number of hydrogen-bond acceptors (Lipinski definition) is 1. The van der Waals surface area contributed by atoms with E-state index in [2.05, 4.69) is 22.8 Å². The number of aryl methyl sites for hydroxylation is 1. The number of hydrogen-bond donors (Lipinski definition) is 2. The van der Waals surface area contributed by atoms with Crippen molar-refractivity contribution < 1.29 is 9.18 Å². The molecule has 21 heavy (non-hydrogen) atoms. The van der Waals surface area contributed by atoms with Crippen LogP contribution in [-0.2, 0) is 0 Å². The zero-order valence-electron chi connectivity index (χ0n) is 11.8. The summed E-state index contributed by atoms with van der Waals surface area (Å²) in [6.07, 6.45) is 0.924. The molecule has 108 valence electrons. The Balaban J connectivity index is 1.57. The third kappa shape index (κ3) is 3.21. The zero-order chi connectivity index (χ0) is 14.8. The zero-order valence-corrected chi connectivity index (χ0v) is 11.8. The van der Waals surface area contributed by atoms with Crippen LogP contribution in [0, 0.1) is 12.7 Å². The molecule has 1 aliphatic carbocycles. The maximum atomic E-state index is 13.6. The fraction of sp³-hybridized carbons (Fsp3) is 0.235. The van der Waals surface area contributed by atoms with Crippen molar-refractivity contribution >= 4 is 11.7 Å². The van der Waals surface area contributed by atoms with Crippen LogP contribution in [0.1, 0.15) is 23.5 Å². The Hall–Kier alpha value is -2.36. The topological polar surface area (TPSA) is 41.1 Å². The number of anilines is 1. The monoisotopic (exact) mass is 284 g/mol. The normalized spacial score (nSPS) is 19.9. The second kappa shape index (κ2) is 5.56. The molecule has 1 fully saturated rings. The molecule has 2 aromatic carbocycles. The lowest BCUT2D eigenvalue weighted by molar-refractivity contribution is 0.251. The molecule has 1 saturated carbocycles. The number of rotatable bonds is 3. The van der Waals surface area contributed by atoms with Gasteiger partial charge in [-0.25, -0.2) is 9.18 Å². The summed E-state index contributed by atoms with van der Waals surface area (Å²) in [6, 6.07) is 14.5. The van der Waals surface area contributed by atoms with Gasteiger partial charge in [0, 0.05) is 12.0 Å². The largest absolute Gasteiger partial charge is 0.334 e. The van der Waals surface area contributed by atoms with Crippen molar-refractivity contribution in [1.82, 2.24) is 5.32 Å². The van der Waals surface area contributed by atoms with Crippen LogP contribution in [0.2, 0.25) is 0 Å². The van der Waals surface area contributed by atoms with E-state index in [9.17, 15) is 9.18 Å². The molecule has 2 amide bonds. The van der Waals surface area contributed by atoms with Crippen LogP contribution in [0.3, 0.4) is 0 Å².